The Kier molecular flexibility index (Phi) is 5.76. The average Bonchev–Trinajstić information content (AvgIpc) is 2.70. The van der Waals surface area contributed by atoms with Crippen LogP contribution in [0.25, 0.3) is 0 Å². The molecule has 2 heterocycles. The normalized spacial score (nSPS) is 23.4. The average molecular weight is 457 g/mol. The highest BCUT2D eigenvalue weighted by molar-refractivity contribution is 6.30. The Morgan fingerprint density at radius 1 is 1.19 bits per heavy atom. The Morgan fingerprint density at radius 2 is 1.90 bits per heavy atom. The van der Waals surface area contributed by atoms with Crippen LogP contribution in [0.1, 0.15) is 18.4 Å². The van der Waals surface area contributed by atoms with E-state index in [0.29, 0.717) is 5.56 Å². The Morgan fingerprint density at radius 3 is 2.58 bits per heavy atom. The molecule has 2 aromatic rings. The van der Waals surface area contributed by atoms with Crippen LogP contribution >= 0.6 is 11.6 Å². The molecule has 1 fully saturated rings. The molecular weight excluding hydrogens is 437 g/mol. The van der Waals surface area contributed by atoms with Gasteiger partial charge in [0.05, 0.1) is 5.69 Å². The van der Waals surface area contributed by atoms with Crippen LogP contribution in [0.2, 0.25) is 5.02 Å². The smallest absolute Gasteiger partial charge is 0.224 e. The highest BCUT2D eigenvalue weighted by Crippen LogP contribution is 2.36. The molecule has 2 aliphatic heterocycles. The van der Waals surface area contributed by atoms with Gasteiger partial charge in [0.1, 0.15) is 35.6 Å². The van der Waals surface area contributed by atoms with Crippen LogP contribution < -0.4 is 15.0 Å². The van der Waals surface area contributed by atoms with Crippen molar-refractivity contribution in [3.63, 3.8) is 0 Å². The predicted molar refractivity (Wildman–Crippen MR) is 108 cm³/mol. The van der Waals surface area contributed by atoms with Crippen molar-refractivity contribution in [2.45, 2.75) is 31.0 Å². The van der Waals surface area contributed by atoms with Gasteiger partial charge in [-0.1, -0.05) is 11.6 Å². The first-order valence-electron chi connectivity index (χ1n) is 9.72. The molecule has 0 aliphatic carbocycles. The van der Waals surface area contributed by atoms with E-state index in [2.05, 4.69) is 5.32 Å². The summed E-state index contributed by atoms with van der Waals surface area (Å²) in [5.74, 6) is -2.33. The second-order valence-electron chi connectivity index (χ2n) is 7.77. The first kappa shape index (κ1) is 21.7. The second kappa shape index (κ2) is 8.22. The number of carbonyl (C=O) groups is 1. The first-order valence-corrected chi connectivity index (χ1v) is 10.1. The van der Waals surface area contributed by atoms with Gasteiger partial charge in [0, 0.05) is 30.1 Å². The minimum Gasteiger partial charge on any atom is -0.490 e. The SMILES string of the molecule is O=C1CCc2c(OC[C@@]3(O)CCN(c4c(F)cc(Cl)cc4F)C[C@H]3O)ccc(F)c2N1. The van der Waals surface area contributed by atoms with Gasteiger partial charge in [-0.05, 0) is 37.1 Å². The first-order chi connectivity index (χ1) is 14.7. The van der Waals surface area contributed by atoms with Crippen molar-refractivity contribution < 1.29 is 32.9 Å². The molecule has 2 aromatic carbocycles. The van der Waals surface area contributed by atoms with Gasteiger partial charge in [0.2, 0.25) is 5.91 Å². The van der Waals surface area contributed by atoms with Crippen LogP contribution in [0.3, 0.4) is 0 Å². The largest absolute Gasteiger partial charge is 0.490 e. The molecule has 31 heavy (non-hydrogen) atoms. The Bertz CT molecular complexity index is 1010. The number of amides is 1. The number of β-amino-alcohol motifs (C(OH)–C–C–N with tert-alkyl or cyclic N) is 1. The zero-order valence-corrected chi connectivity index (χ0v) is 17.1. The van der Waals surface area contributed by atoms with Crippen molar-refractivity contribution in [1.82, 2.24) is 0 Å². The minimum atomic E-state index is -1.69. The van der Waals surface area contributed by atoms with Crippen molar-refractivity contribution in [1.29, 1.82) is 0 Å². The highest BCUT2D eigenvalue weighted by atomic mass is 35.5. The monoisotopic (exact) mass is 456 g/mol. The van der Waals surface area contributed by atoms with E-state index >= 15 is 0 Å². The molecule has 0 aromatic heterocycles. The van der Waals surface area contributed by atoms with Gasteiger partial charge in [0.25, 0.3) is 0 Å². The number of nitrogens with zero attached hydrogens (tertiary/aromatic N) is 1. The molecule has 1 amide bonds. The second-order valence-corrected chi connectivity index (χ2v) is 8.21. The number of ether oxygens (including phenoxy) is 1. The van der Waals surface area contributed by atoms with Gasteiger partial charge in [-0.15, -0.1) is 0 Å². The number of piperidine rings is 1. The summed E-state index contributed by atoms with van der Waals surface area (Å²) < 4.78 is 48.1. The van der Waals surface area contributed by atoms with Crippen molar-refractivity contribution in [2.24, 2.45) is 0 Å². The zero-order valence-electron chi connectivity index (χ0n) is 16.3. The Hall–Kier alpha value is -2.49. The molecule has 0 bridgehead atoms. The number of aliphatic hydroxyl groups is 2. The standard InChI is InChI=1S/C21H20ClF3N2O4/c22-11-7-14(24)20(15(25)8-11)27-6-5-21(30,17(28)9-27)10-31-16-3-2-13(23)19-12(16)1-4-18(29)26-19/h2-3,7-8,17,28,30H,1,4-6,9-10H2,(H,26,29)/t17-,21+/m1/s1. The maximum Gasteiger partial charge on any atom is 0.224 e. The number of hydrogen-bond donors (Lipinski definition) is 3. The lowest BCUT2D eigenvalue weighted by Crippen LogP contribution is -2.58. The fourth-order valence-corrected chi connectivity index (χ4v) is 4.13. The molecule has 10 heteroatoms. The molecule has 166 valence electrons. The van der Waals surface area contributed by atoms with E-state index in [0.717, 1.165) is 18.2 Å². The van der Waals surface area contributed by atoms with Crippen LogP contribution in [0.4, 0.5) is 24.5 Å². The minimum absolute atomic E-state index is 0.0320. The summed E-state index contributed by atoms with van der Waals surface area (Å²) in [5, 5.41) is 23.8. The molecule has 4 rings (SSSR count). The number of carbonyl (C=O) groups excluding carboxylic acids is 1. The number of rotatable bonds is 4. The number of hydrogen-bond acceptors (Lipinski definition) is 5. The number of fused-ring (bicyclic) bond motifs is 1. The topological polar surface area (TPSA) is 82.0 Å². The molecule has 1 saturated heterocycles. The van der Waals surface area contributed by atoms with E-state index in [1.54, 1.807) is 0 Å². The molecule has 0 radical (unpaired) electrons. The van der Waals surface area contributed by atoms with Crippen LogP contribution in [-0.4, -0.2) is 47.5 Å². The molecule has 0 unspecified atom stereocenters. The lowest BCUT2D eigenvalue weighted by atomic mass is 9.89. The number of aliphatic hydroxyl groups excluding tert-OH is 1. The van der Waals surface area contributed by atoms with E-state index in [1.807, 2.05) is 0 Å². The van der Waals surface area contributed by atoms with Gasteiger partial charge in [-0.2, -0.15) is 0 Å². The molecule has 0 saturated carbocycles. The maximum atomic E-state index is 14.2. The Labute approximate surface area is 181 Å². The van der Waals surface area contributed by atoms with Crippen LogP contribution in [0.15, 0.2) is 24.3 Å². The summed E-state index contributed by atoms with van der Waals surface area (Å²) in [7, 11) is 0. The number of halogens is 4. The molecule has 0 spiro atoms. The van der Waals surface area contributed by atoms with E-state index in [9.17, 15) is 28.2 Å². The van der Waals surface area contributed by atoms with E-state index in [1.165, 1.54) is 11.0 Å². The quantitative estimate of drug-likeness (QED) is 0.659. The Balaban J connectivity index is 1.48. The van der Waals surface area contributed by atoms with Gasteiger partial charge in [-0.25, -0.2) is 13.2 Å². The molecule has 3 N–H and O–H groups in total. The van der Waals surface area contributed by atoms with Crippen molar-refractivity contribution >= 4 is 28.9 Å². The van der Waals surface area contributed by atoms with Gasteiger partial charge in [0.15, 0.2) is 11.6 Å². The van der Waals surface area contributed by atoms with Crippen LogP contribution in [0.5, 0.6) is 5.75 Å². The summed E-state index contributed by atoms with van der Waals surface area (Å²) >= 11 is 5.65. The molecule has 6 nitrogen and oxygen atoms in total. The summed E-state index contributed by atoms with van der Waals surface area (Å²) in [6, 6.07) is 4.50. The van der Waals surface area contributed by atoms with E-state index in [4.69, 9.17) is 16.3 Å². The van der Waals surface area contributed by atoms with Gasteiger partial charge < -0.3 is 25.2 Å². The van der Waals surface area contributed by atoms with Crippen molar-refractivity contribution in [3.05, 3.63) is 52.3 Å². The highest BCUT2D eigenvalue weighted by Gasteiger charge is 2.43. The number of nitrogens with one attached hydrogen (secondary N) is 1. The van der Waals surface area contributed by atoms with E-state index < -0.39 is 29.2 Å². The maximum absolute atomic E-state index is 14.2. The fraction of sp³-hybridized carbons (Fsp3) is 0.381. The third-order valence-electron chi connectivity index (χ3n) is 5.69. The van der Waals surface area contributed by atoms with Crippen molar-refractivity contribution in [3.8, 4) is 5.75 Å². The lowest BCUT2D eigenvalue weighted by molar-refractivity contribution is -0.116. The lowest BCUT2D eigenvalue weighted by Gasteiger charge is -2.42. The van der Waals surface area contributed by atoms with Crippen LogP contribution in [0, 0.1) is 17.5 Å². The van der Waals surface area contributed by atoms with E-state index in [-0.39, 0.29) is 67.0 Å². The number of anilines is 2. The van der Waals surface area contributed by atoms with Gasteiger partial charge >= 0.3 is 0 Å². The summed E-state index contributed by atoms with van der Waals surface area (Å²) in [4.78, 5) is 12.8. The zero-order chi connectivity index (χ0) is 22.3. The summed E-state index contributed by atoms with van der Waals surface area (Å²) in [6.45, 7) is -0.490. The third kappa shape index (κ3) is 4.17. The summed E-state index contributed by atoms with van der Waals surface area (Å²) in [5.41, 5.74) is -1.49. The predicted octanol–water partition coefficient (Wildman–Crippen LogP) is 3.02. The third-order valence-corrected chi connectivity index (χ3v) is 5.91. The molecular formula is C21H20ClF3N2O4. The van der Waals surface area contributed by atoms with Crippen molar-refractivity contribution in [2.75, 3.05) is 29.9 Å². The fourth-order valence-electron chi connectivity index (χ4n) is 3.94. The molecule has 2 atom stereocenters. The van der Waals surface area contributed by atoms with Gasteiger partial charge in [-0.3, -0.25) is 4.79 Å². The summed E-state index contributed by atoms with van der Waals surface area (Å²) in [6.07, 6.45) is -0.951. The van der Waals surface area contributed by atoms with Crippen LogP contribution in [-0.2, 0) is 11.2 Å². The molecule has 2 aliphatic rings. The number of benzene rings is 2.